The molecule has 0 spiro atoms. The second kappa shape index (κ2) is 18.9. The normalized spacial score (nSPS) is 12.9. The molecule has 0 atom stereocenters. The first-order valence-electron chi connectivity index (χ1n) is 25.6. The molecule has 0 unspecified atom stereocenters. The van der Waals surface area contributed by atoms with E-state index in [4.69, 9.17) is 14.1 Å². The fraction of sp³-hybridized carbons (Fsp3) is 0.176. The minimum Gasteiger partial charge on any atom is -0.509 e. The maximum Gasteiger partial charge on any atom is 0.136 e. The summed E-state index contributed by atoms with van der Waals surface area (Å²) in [5.41, 5.74) is 18.0. The van der Waals surface area contributed by atoms with Crippen LogP contribution in [-0.2, 0) is 37.3 Å². The van der Waals surface area contributed by atoms with Crippen LogP contribution in [0.1, 0.15) is 79.0 Å². The Morgan fingerprint density at radius 2 is 1.11 bits per heavy atom. The predicted octanol–water partition coefficient (Wildman–Crippen LogP) is 18.6. The van der Waals surface area contributed by atoms with Gasteiger partial charge >= 0.3 is 0 Å². The Bertz CT molecular complexity index is 3910. The molecule has 0 saturated heterocycles. The summed E-state index contributed by atoms with van der Waals surface area (Å²) in [5.74, 6) is 1.92. The van der Waals surface area contributed by atoms with Crippen LogP contribution in [0.4, 0.5) is 22.7 Å². The fourth-order valence-corrected chi connectivity index (χ4v) is 10.3. The number of anilines is 4. The Morgan fingerprint density at radius 1 is 0.493 bits per heavy atom. The van der Waals surface area contributed by atoms with Gasteiger partial charge in [0.25, 0.3) is 0 Å². The minimum absolute atomic E-state index is 0. The molecule has 0 radical (unpaired) electrons. The van der Waals surface area contributed by atoms with Crippen LogP contribution < -0.4 is 14.5 Å². The van der Waals surface area contributed by atoms with Gasteiger partial charge in [-0.05, 0) is 97.7 Å². The molecular formula is C68H59N4O2Pt-3. The number of hydrogen-bond donors (Lipinski definition) is 0. The van der Waals surface area contributed by atoms with Gasteiger partial charge in [0.1, 0.15) is 17.0 Å². The molecule has 0 saturated carbocycles. The van der Waals surface area contributed by atoms with Crippen LogP contribution in [0.15, 0.2) is 193 Å². The van der Waals surface area contributed by atoms with Crippen molar-refractivity contribution in [3.63, 3.8) is 0 Å². The summed E-state index contributed by atoms with van der Waals surface area (Å²) in [6, 6.07) is 72.0. The van der Waals surface area contributed by atoms with Gasteiger partial charge in [0, 0.05) is 72.3 Å². The van der Waals surface area contributed by atoms with E-state index in [-0.39, 0.29) is 37.3 Å². The molecule has 0 fully saturated rings. The molecule has 7 heteroatoms. The Balaban J connectivity index is 0.00000602. The third kappa shape index (κ3) is 9.14. The average molecular weight is 1160 g/mol. The average Bonchev–Trinajstić information content (AvgIpc) is 4.14. The van der Waals surface area contributed by atoms with Gasteiger partial charge < -0.3 is 23.5 Å². The molecule has 11 aromatic rings. The second-order valence-electron chi connectivity index (χ2n) is 22.6. The number of furan rings is 1. The van der Waals surface area contributed by atoms with Gasteiger partial charge in [0.05, 0.1) is 5.52 Å². The molecule has 1 aliphatic heterocycles. The largest absolute Gasteiger partial charge is 0.509 e. The van der Waals surface area contributed by atoms with E-state index in [1.54, 1.807) is 0 Å². The minimum atomic E-state index is -0.0737. The first kappa shape index (κ1) is 49.5. The van der Waals surface area contributed by atoms with E-state index in [1.807, 2.05) is 42.6 Å². The Hall–Kier alpha value is -7.66. The van der Waals surface area contributed by atoms with Crippen molar-refractivity contribution in [3.8, 4) is 50.7 Å². The molecule has 4 heterocycles. The first-order valence-corrected chi connectivity index (χ1v) is 25.6. The van der Waals surface area contributed by atoms with Crippen molar-refractivity contribution in [1.82, 2.24) is 9.55 Å². The zero-order valence-electron chi connectivity index (χ0n) is 43.9. The number of para-hydroxylation sites is 4. The van der Waals surface area contributed by atoms with Crippen molar-refractivity contribution in [2.24, 2.45) is 0 Å². The van der Waals surface area contributed by atoms with Gasteiger partial charge in [-0.15, -0.1) is 42.7 Å². The molecule has 0 amide bonds. The Kier molecular flexibility index (Phi) is 12.5. The summed E-state index contributed by atoms with van der Waals surface area (Å²) < 4.78 is 15.5. The topological polar surface area (TPSA) is 46.7 Å². The van der Waals surface area contributed by atoms with Crippen LogP contribution in [0.3, 0.4) is 0 Å². The van der Waals surface area contributed by atoms with Gasteiger partial charge in [0.15, 0.2) is 0 Å². The Labute approximate surface area is 455 Å². The van der Waals surface area contributed by atoms with Crippen LogP contribution >= 0.6 is 0 Å². The summed E-state index contributed by atoms with van der Waals surface area (Å²) in [6.07, 6.45) is 1.89. The molecular weight excluding hydrogens is 1100 g/mol. The van der Waals surface area contributed by atoms with Crippen molar-refractivity contribution < 1.29 is 30.2 Å². The first-order chi connectivity index (χ1) is 35.6. The van der Waals surface area contributed by atoms with E-state index in [2.05, 4.69) is 241 Å². The van der Waals surface area contributed by atoms with Crippen LogP contribution in [0.5, 0.6) is 11.5 Å². The van der Waals surface area contributed by atoms with Crippen molar-refractivity contribution >= 4 is 55.7 Å². The third-order valence-corrected chi connectivity index (χ3v) is 14.4. The molecule has 75 heavy (non-hydrogen) atoms. The van der Waals surface area contributed by atoms with E-state index in [1.165, 1.54) is 33.4 Å². The second-order valence-corrected chi connectivity index (χ2v) is 22.6. The van der Waals surface area contributed by atoms with Gasteiger partial charge in [-0.2, -0.15) is 12.1 Å². The molecule has 0 aliphatic carbocycles. The molecule has 1 aliphatic rings. The molecule has 376 valence electrons. The van der Waals surface area contributed by atoms with E-state index in [0.29, 0.717) is 11.5 Å². The molecule has 0 N–H and O–H groups in total. The number of nitrogens with zero attached hydrogens (tertiary/aromatic N) is 4. The SMILES string of the molecule is CC(C)(C)c1cc(-c2cccc(-c3cccc(-c4ccccc4)c3)c2N2[CH-]N(c3[c-]c(Oc4[c-]c5c(cc4)c4oc6ccccc6c4n5-c4cc(C(C)(C)C)ccn4)ccc3)c3ccccc32)cc(C(C)(C)C)c1.[Pt]. The van der Waals surface area contributed by atoms with Crippen molar-refractivity contribution in [2.75, 3.05) is 9.80 Å². The molecule has 0 bridgehead atoms. The molecule has 12 rings (SSSR count). The summed E-state index contributed by atoms with van der Waals surface area (Å²) in [7, 11) is 0. The zero-order valence-corrected chi connectivity index (χ0v) is 46.2. The number of hydrogen-bond acceptors (Lipinski definition) is 5. The van der Waals surface area contributed by atoms with Gasteiger partial charge in [-0.25, -0.2) is 4.98 Å². The summed E-state index contributed by atoms with van der Waals surface area (Å²) in [5, 5.41) is 1.94. The number of aromatic nitrogens is 2. The van der Waals surface area contributed by atoms with Crippen LogP contribution in [0.25, 0.3) is 72.2 Å². The maximum atomic E-state index is 6.76. The molecule has 3 aromatic heterocycles. The van der Waals surface area contributed by atoms with Gasteiger partial charge in [0.2, 0.25) is 0 Å². The van der Waals surface area contributed by atoms with Crippen molar-refractivity contribution in [3.05, 3.63) is 224 Å². The number of benzene rings is 8. The smallest absolute Gasteiger partial charge is 0.136 e. The summed E-state index contributed by atoms with van der Waals surface area (Å²) >= 11 is 0. The van der Waals surface area contributed by atoms with Crippen molar-refractivity contribution in [1.29, 1.82) is 0 Å². The van der Waals surface area contributed by atoms with E-state index >= 15 is 0 Å². The van der Waals surface area contributed by atoms with Gasteiger partial charge in [-0.1, -0.05) is 182 Å². The summed E-state index contributed by atoms with van der Waals surface area (Å²) in [4.78, 5) is 9.52. The van der Waals surface area contributed by atoms with E-state index < -0.39 is 0 Å². The number of fused-ring (bicyclic) bond motifs is 6. The van der Waals surface area contributed by atoms with Gasteiger partial charge in [-0.3, -0.25) is 0 Å². The standard InChI is InChI=1S/C68H59N4O2.Pt/c1-66(2,3)48-34-35-69-62(40-48)72-60-42-53(32-33-56(60)65-64(72)57-26-13-16-31-61(57)74-65)73-52-25-18-24-51(41-52)70-43-71(59-30-15-14-29-58(59)70)63-54(46-23-17-22-45(36-46)44-20-11-10-12-21-44)27-19-28-55(63)47-37-49(67(4,5)6)39-50(38-47)68(7,8)9;/h10-40,43H,1-9H3;/q-3;. The van der Waals surface area contributed by atoms with E-state index in [0.717, 1.165) is 78.2 Å². The van der Waals surface area contributed by atoms with Crippen molar-refractivity contribution in [2.45, 2.75) is 78.6 Å². The molecule has 6 nitrogen and oxygen atoms in total. The number of rotatable bonds is 8. The quantitative estimate of drug-likeness (QED) is 0.142. The van der Waals surface area contributed by atoms with Crippen LogP contribution in [-0.4, -0.2) is 9.55 Å². The van der Waals surface area contributed by atoms with Crippen LogP contribution in [0, 0.1) is 18.8 Å². The van der Waals surface area contributed by atoms with Crippen LogP contribution in [0.2, 0.25) is 0 Å². The Morgan fingerprint density at radius 3 is 1.84 bits per heavy atom. The monoisotopic (exact) mass is 1160 g/mol. The predicted molar refractivity (Wildman–Crippen MR) is 306 cm³/mol. The van der Waals surface area contributed by atoms with E-state index in [9.17, 15) is 0 Å². The third-order valence-electron chi connectivity index (χ3n) is 14.4. The summed E-state index contributed by atoms with van der Waals surface area (Å²) in [6.45, 7) is 22.7. The number of pyridine rings is 1. The maximum absolute atomic E-state index is 6.76. The molecule has 8 aromatic carbocycles. The number of ether oxygens (including phenoxy) is 1. The zero-order chi connectivity index (χ0) is 51.1. The fourth-order valence-electron chi connectivity index (χ4n) is 10.3.